The number of Topliss-reactive ketones (excluding diaryl/α,β-unsaturated/α-hetero) is 2. The maximum atomic E-state index is 12.6. The van der Waals surface area contributed by atoms with Crippen molar-refractivity contribution in [2.75, 3.05) is 6.61 Å². The Kier molecular flexibility index (Phi) is 7.53. The molecule has 1 aromatic carbocycles. The molecule has 0 saturated heterocycles. The number of carbonyl (C=O) groups is 3. The second-order valence-corrected chi connectivity index (χ2v) is 7.92. The van der Waals surface area contributed by atoms with Gasteiger partial charge >= 0.3 is 12.6 Å². The largest absolute Gasteiger partial charge is 0.457 e. The van der Waals surface area contributed by atoms with Gasteiger partial charge in [0.1, 0.15) is 5.75 Å². The molecule has 0 fully saturated rings. The van der Waals surface area contributed by atoms with E-state index in [0.29, 0.717) is 21.8 Å². The van der Waals surface area contributed by atoms with Crippen molar-refractivity contribution in [1.29, 1.82) is 0 Å². The molecule has 3 aromatic rings. The third kappa shape index (κ3) is 5.67. The van der Waals surface area contributed by atoms with Crippen LogP contribution in [0.15, 0.2) is 47.8 Å². The van der Waals surface area contributed by atoms with Crippen molar-refractivity contribution in [3.05, 3.63) is 69.7 Å². The van der Waals surface area contributed by atoms with Crippen LogP contribution in [-0.4, -0.2) is 35.3 Å². The summed E-state index contributed by atoms with van der Waals surface area (Å²) in [4.78, 5) is 37.1. The molecule has 0 aliphatic heterocycles. The van der Waals surface area contributed by atoms with Crippen LogP contribution in [0.2, 0.25) is 0 Å². The molecule has 2 aromatic heterocycles. The van der Waals surface area contributed by atoms with E-state index in [0.717, 1.165) is 5.69 Å². The monoisotopic (exact) mass is 461 g/mol. The molecule has 168 valence electrons. The zero-order valence-corrected chi connectivity index (χ0v) is 18.3. The summed E-state index contributed by atoms with van der Waals surface area (Å²) in [5.41, 5.74) is 2.43. The lowest BCUT2D eigenvalue weighted by molar-refractivity contribution is -0.142. The maximum absolute atomic E-state index is 12.6. The Labute approximate surface area is 187 Å². The van der Waals surface area contributed by atoms with Gasteiger partial charge in [-0.05, 0) is 55.6 Å². The van der Waals surface area contributed by atoms with E-state index in [4.69, 9.17) is 4.74 Å². The molecular formula is C23H21F2NO5S. The van der Waals surface area contributed by atoms with Crippen LogP contribution in [0.4, 0.5) is 8.78 Å². The molecule has 0 amide bonds. The van der Waals surface area contributed by atoms with Gasteiger partial charge < -0.3 is 14.0 Å². The molecule has 2 heterocycles. The molecule has 0 unspecified atom stereocenters. The highest BCUT2D eigenvalue weighted by atomic mass is 32.1. The van der Waals surface area contributed by atoms with E-state index in [1.165, 1.54) is 23.5 Å². The lowest BCUT2D eigenvalue weighted by Gasteiger charge is -2.11. The Morgan fingerprint density at radius 1 is 1.03 bits per heavy atom. The number of esters is 1. The van der Waals surface area contributed by atoms with Crippen LogP contribution in [0, 0.1) is 13.8 Å². The van der Waals surface area contributed by atoms with Crippen LogP contribution in [0.1, 0.15) is 44.3 Å². The topological polar surface area (TPSA) is 74.6 Å². The molecule has 32 heavy (non-hydrogen) atoms. The SMILES string of the molecule is Cc1cc(C(=O)COC(=O)CCC(=O)c2cccs2)c(C)n1-c1ccc(OC(F)F)cc1. The third-order valence-electron chi connectivity index (χ3n) is 4.77. The standard InChI is InChI=1S/C23H21F2NO5S/c1-14-12-18(15(2)26(14)16-5-7-17(8-6-16)31-23(24)25)20(28)13-30-22(29)10-9-19(27)21-4-3-11-32-21/h3-8,11-12,23H,9-10,13H2,1-2H3. The fourth-order valence-electron chi connectivity index (χ4n) is 3.29. The second-order valence-electron chi connectivity index (χ2n) is 6.98. The normalized spacial score (nSPS) is 10.9. The van der Waals surface area contributed by atoms with Gasteiger partial charge in [-0.25, -0.2) is 0 Å². The van der Waals surface area contributed by atoms with Gasteiger partial charge in [0.05, 0.1) is 11.3 Å². The van der Waals surface area contributed by atoms with Gasteiger partial charge in [0.15, 0.2) is 12.4 Å². The van der Waals surface area contributed by atoms with Gasteiger partial charge in [-0.3, -0.25) is 14.4 Å². The average molecular weight is 461 g/mol. The number of aromatic nitrogens is 1. The number of thiophene rings is 1. The number of alkyl halides is 2. The Hall–Kier alpha value is -3.33. The molecule has 3 rings (SSSR count). The first kappa shape index (κ1) is 23.3. The summed E-state index contributed by atoms with van der Waals surface area (Å²) < 4.78 is 35.9. The Bertz CT molecular complexity index is 1100. The van der Waals surface area contributed by atoms with Crippen LogP contribution in [0.5, 0.6) is 5.75 Å². The number of aryl methyl sites for hydroxylation is 1. The third-order valence-corrected chi connectivity index (χ3v) is 5.68. The number of hydrogen-bond acceptors (Lipinski definition) is 6. The highest BCUT2D eigenvalue weighted by Gasteiger charge is 2.19. The Morgan fingerprint density at radius 3 is 2.38 bits per heavy atom. The first-order chi connectivity index (χ1) is 15.3. The smallest absolute Gasteiger partial charge is 0.387 e. The van der Waals surface area contributed by atoms with Gasteiger partial charge in [0.2, 0.25) is 5.78 Å². The van der Waals surface area contributed by atoms with E-state index >= 15 is 0 Å². The molecule has 0 spiro atoms. The van der Waals surface area contributed by atoms with E-state index in [1.807, 2.05) is 0 Å². The van der Waals surface area contributed by atoms with Gasteiger partial charge in [-0.15, -0.1) is 11.3 Å². The van der Waals surface area contributed by atoms with Crippen LogP contribution < -0.4 is 4.74 Å². The number of ketones is 2. The van der Waals surface area contributed by atoms with Crippen molar-refractivity contribution < 1.29 is 32.6 Å². The summed E-state index contributed by atoms with van der Waals surface area (Å²) in [5.74, 6) is -1.10. The lowest BCUT2D eigenvalue weighted by atomic mass is 10.1. The minimum Gasteiger partial charge on any atom is -0.457 e. The summed E-state index contributed by atoms with van der Waals surface area (Å²) >= 11 is 1.31. The van der Waals surface area contributed by atoms with Gasteiger partial charge in [0, 0.05) is 29.1 Å². The van der Waals surface area contributed by atoms with E-state index in [9.17, 15) is 23.2 Å². The quantitative estimate of drug-likeness (QED) is 0.309. The predicted octanol–water partition coefficient (Wildman–Crippen LogP) is 5.15. The Balaban J connectivity index is 1.60. The molecule has 0 N–H and O–H groups in total. The minimum atomic E-state index is -2.91. The molecule has 0 radical (unpaired) electrons. The van der Waals surface area contributed by atoms with Crippen LogP contribution in [0.3, 0.4) is 0 Å². The number of rotatable bonds is 10. The summed E-state index contributed by atoms with van der Waals surface area (Å²) in [6.45, 7) is 0.204. The van der Waals surface area contributed by atoms with Crippen molar-refractivity contribution in [3.8, 4) is 11.4 Å². The van der Waals surface area contributed by atoms with E-state index in [1.54, 1.807) is 54.1 Å². The molecule has 0 aliphatic carbocycles. The predicted molar refractivity (Wildman–Crippen MR) is 115 cm³/mol. The minimum absolute atomic E-state index is 0.0211. The van der Waals surface area contributed by atoms with E-state index < -0.39 is 19.2 Å². The summed E-state index contributed by atoms with van der Waals surface area (Å²) in [7, 11) is 0. The van der Waals surface area contributed by atoms with Crippen molar-refractivity contribution >= 4 is 28.9 Å². The summed E-state index contributed by atoms with van der Waals surface area (Å²) in [6.07, 6.45) is -0.0800. The van der Waals surface area contributed by atoms with Crippen LogP contribution >= 0.6 is 11.3 Å². The zero-order valence-electron chi connectivity index (χ0n) is 17.5. The van der Waals surface area contributed by atoms with Gasteiger partial charge in [0.25, 0.3) is 0 Å². The average Bonchev–Trinajstić information content (AvgIpc) is 3.39. The Morgan fingerprint density at radius 2 is 1.75 bits per heavy atom. The van der Waals surface area contributed by atoms with Gasteiger partial charge in [-0.1, -0.05) is 6.07 Å². The number of benzene rings is 1. The molecule has 0 bridgehead atoms. The first-order valence-electron chi connectivity index (χ1n) is 9.76. The molecule has 0 saturated carbocycles. The van der Waals surface area contributed by atoms with Gasteiger partial charge in [-0.2, -0.15) is 8.78 Å². The number of halogens is 2. The van der Waals surface area contributed by atoms with Crippen molar-refractivity contribution in [3.63, 3.8) is 0 Å². The first-order valence-corrected chi connectivity index (χ1v) is 10.6. The number of nitrogens with zero attached hydrogens (tertiary/aromatic N) is 1. The summed E-state index contributed by atoms with van der Waals surface area (Å²) in [6, 6.07) is 11.2. The fourth-order valence-corrected chi connectivity index (χ4v) is 3.99. The number of hydrogen-bond donors (Lipinski definition) is 0. The molecule has 0 atom stereocenters. The highest BCUT2D eigenvalue weighted by molar-refractivity contribution is 7.12. The van der Waals surface area contributed by atoms with Crippen molar-refractivity contribution in [2.24, 2.45) is 0 Å². The molecular weight excluding hydrogens is 440 g/mol. The zero-order chi connectivity index (χ0) is 23.3. The molecule has 9 heteroatoms. The van der Waals surface area contributed by atoms with E-state index in [2.05, 4.69) is 4.74 Å². The van der Waals surface area contributed by atoms with Crippen molar-refractivity contribution in [1.82, 2.24) is 4.57 Å². The highest BCUT2D eigenvalue weighted by Crippen LogP contribution is 2.24. The lowest BCUT2D eigenvalue weighted by Crippen LogP contribution is -2.15. The second kappa shape index (κ2) is 10.3. The number of carbonyl (C=O) groups excluding carboxylic acids is 3. The van der Waals surface area contributed by atoms with Crippen molar-refractivity contribution in [2.45, 2.75) is 33.3 Å². The van der Waals surface area contributed by atoms with Crippen LogP contribution in [-0.2, 0) is 9.53 Å². The van der Waals surface area contributed by atoms with E-state index in [-0.39, 0.29) is 30.2 Å². The molecule has 6 nitrogen and oxygen atoms in total. The summed E-state index contributed by atoms with van der Waals surface area (Å²) in [5, 5.41) is 1.78. The molecule has 0 aliphatic rings. The van der Waals surface area contributed by atoms with Crippen LogP contribution in [0.25, 0.3) is 5.69 Å². The maximum Gasteiger partial charge on any atom is 0.387 e. The fraction of sp³-hybridized carbons (Fsp3) is 0.261. The number of ether oxygens (including phenoxy) is 2.